The van der Waals surface area contributed by atoms with Crippen LogP contribution in [0.25, 0.3) is 0 Å². The van der Waals surface area contributed by atoms with Crippen LogP contribution in [-0.4, -0.2) is 12.9 Å². The summed E-state index contributed by atoms with van der Waals surface area (Å²) in [6.45, 7) is 4.29. The molecule has 0 spiro atoms. The summed E-state index contributed by atoms with van der Waals surface area (Å²) in [4.78, 5) is 10.5. The molecule has 0 saturated heterocycles. The molecule has 0 bridgehead atoms. The van der Waals surface area contributed by atoms with Crippen molar-refractivity contribution in [2.45, 2.75) is 12.8 Å². The first kappa shape index (κ1) is 10.5. The van der Waals surface area contributed by atoms with Gasteiger partial charge < -0.3 is 4.74 Å². The van der Waals surface area contributed by atoms with Crippen molar-refractivity contribution in [3.8, 4) is 5.75 Å². The summed E-state index contributed by atoms with van der Waals surface area (Å²) in [5.41, 5.74) is 0.645. The maximum absolute atomic E-state index is 10.5. The lowest BCUT2D eigenvalue weighted by molar-refractivity contribution is 0.112. The highest BCUT2D eigenvalue weighted by atomic mass is 16.5. The second kappa shape index (κ2) is 5.97. The standard InChI is InChI=1S/C12H14O2/c1-2-3-4-8-14-12-7-5-6-11(9-12)10-13/h2,5-7,9-10H,1,3-4,8H2. The molecule has 0 aliphatic rings. The average Bonchev–Trinajstić information content (AvgIpc) is 2.25. The van der Waals surface area contributed by atoms with Gasteiger partial charge in [-0.3, -0.25) is 4.79 Å². The summed E-state index contributed by atoms with van der Waals surface area (Å²) >= 11 is 0. The lowest BCUT2D eigenvalue weighted by Gasteiger charge is -2.04. The van der Waals surface area contributed by atoms with E-state index in [1.54, 1.807) is 12.1 Å². The Kier molecular flexibility index (Phi) is 4.48. The highest BCUT2D eigenvalue weighted by molar-refractivity contribution is 5.75. The third kappa shape index (κ3) is 3.44. The maximum atomic E-state index is 10.5. The van der Waals surface area contributed by atoms with Crippen LogP contribution < -0.4 is 4.74 Å². The Morgan fingerprint density at radius 3 is 3.00 bits per heavy atom. The largest absolute Gasteiger partial charge is 0.494 e. The molecule has 0 N–H and O–H groups in total. The van der Waals surface area contributed by atoms with Crippen LogP contribution in [0, 0.1) is 0 Å². The van der Waals surface area contributed by atoms with Gasteiger partial charge >= 0.3 is 0 Å². The van der Waals surface area contributed by atoms with E-state index in [1.165, 1.54) is 0 Å². The number of benzene rings is 1. The fraction of sp³-hybridized carbons (Fsp3) is 0.250. The summed E-state index contributed by atoms with van der Waals surface area (Å²) < 4.78 is 5.44. The van der Waals surface area contributed by atoms with Crippen molar-refractivity contribution < 1.29 is 9.53 Å². The van der Waals surface area contributed by atoms with Crippen molar-refractivity contribution in [2.24, 2.45) is 0 Å². The van der Waals surface area contributed by atoms with Crippen LogP contribution in [0.1, 0.15) is 23.2 Å². The van der Waals surface area contributed by atoms with Gasteiger partial charge in [-0.2, -0.15) is 0 Å². The lowest BCUT2D eigenvalue weighted by atomic mass is 10.2. The molecule has 0 amide bonds. The van der Waals surface area contributed by atoms with E-state index in [0.717, 1.165) is 24.9 Å². The number of aldehydes is 1. The zero-order valence-corrected chi connectivity index (χ0v) is 8.11. The lowest BCUT2D eigenvalue weighted by Crippen LogP contribution is -1.96. The maximum Gasteiger partial charge on any atom is 0.150 e. The van der Waals surface area contributed by atoms with Crippen LogP contribution >= 0.6 is 0 Å². The van der Waals surface area contributed by atoms with Gasteiger partial charge in [0.1, 0.15) is 12.0 Å². The molecule has 0 atom stereocenters. The Morgan fingerprint density at radius 1 is 1.43 bits per heavy atom. The second-order valence-corrected chi connectivity index (χ2v) is 2.97. The van der Waals surface area contributed by atoms with E-state index in [0.29, 0.717) is 12.2 Å². The molecule has 1 aromatic carbocycles. The number of allylic oxidation sites excluding steroid dienone is 1. The number of hydrogen-bond acceptors (Lipinski definition) is 2. The molecular formula is C12H14O2. The Bertz CT molecular complexity index is 305. The minimum Gasteiger partial charge on any atom is -0.494 e. The normalized spacial score (nSPS) is 9.43. The van der Waals surface area contributed by atoms with Gasteiger partial charge in [0.25, 0.3) is 0 Å². The van der Waals surface area contributed by atoms with Gasteiger partial charge in [-0.15, -0.1) is 6.58 Å². The van der Waals surface area contributed by atoms with Crippen molar-refractivity contribution >= 4 is 6.29 Å². The Hall–Kier alpha value is -1.57. The fourth-order valence-corrected chi connectivity index (χ4v) is 1.10. The first-order chi connectivity index (χ1) is 6.86. The smallest absolute Gasteiger partial charge is 0.150 e. The third-order valence-corrected chi connectivity index (χ3v) is 1.82. The van der Waals surface area contributed by atoms with Crippen LogP contribution in [0.15, 0.2) is 36.9 Å². The van der Waals surface area contributed by atoms with Crippen LogP contribution in [0.3, 0.4) is 0 Å². The molecular weight excluding hydrogens is 176 g/mol. The highest BCUT2D eigenvalue weighted by Crippen LogP contribution is 2.12. The molecule has 14 heavy (non-hydrogen) atoms. The van der Waals surface area contributed by atoms with Crippen molar-refractivity contribution in [1.29, 1.82) is 0 Å². The number of ether oxygens (including phenoxy) is 1. The van der Waals surface area contributed by atoms with E-state index in [4.69, 9.17) is 4.74 Å². The molecule has 1 rings (SSSR count). The number of hydrogen-bond donors (Lipinski definition) is 0. The van der Waals surface area contributed by atoms with E-state index >= 15 is 0 Å². The summed E-state index contributed by atoms with van der Waals surface area (Å²) in [5.74, 6) is 0.749. The van der Waals surface area contributed by atoms with E-state index in [-0.39, 0.29) is 0 Å². The van der Waals surface area contributed by atoms with Crippen molar-refractivity contribution in [2.75, 3.05) is 6.61 Å². The van der Waals surface area contributed by atoms with E-state index in [1.807, 2.05) is 18.2 Å². The SMILES string of the molecule is C=CCCCOc1cccc(C=O)c1. The van der Waals surface area contributed by atoms with Crippen molar-refractivity contribution in [3.05, 3.63) is 42.5 Å². The summed E-state index contributed by atoms with van der Waals surface area (Å²) in [6.07, 6.45) is 4.59. The number of unbranched alkanes of at least 4 members (excludes halogenated alkanes) is 1. The first-order valence-corrected chi connectivity index (χ1v) is 4.66. The highest BCUT2D eigenvalue weighted by Gasteiger charge is 1.94. The predicted octanol–water partition coefficient (Wildman–Crippen LogP) is 2.84. The van der Waals surface area contributed by atoms with Gasteiger partial charge in [0.2, 0.25) is 0 Å². The van der Waals surface area contributed by atoms with Gasteiger partial charge in [-0.1, -0.05) is 18.2 Å². The van der Waals surface area contributed by atoms with Gasteiger partial charge in [-0.25, -0.2) is 0 Å². The molecule has 74 valence electrons. The zero-order chi connectivity index (χ0) is 10.2. The summed E-state index contributed by atoms with van der Waals surface area (Å²) in [6, 6.07) is 7.15. The monoisotopic (exact) mass is 190 g/mol. The Morgan fingerprint density at radius 2 is 2.29 bits per heavy atom. The molecule has 0 heterocycles. The van der Waals surface area contributed by atoms with Crippen LogP contribution in [0.4, 0.5) is 0 Å². The van der Waals surface area contributed by atoms with Gasteiger partial charge in [0.15, 0.2) is 0 Å². The van der Waals surface area contributed by atoms with Gasteiger partial charge in [-0.05, 0) is 25.0 Å². The second-order valence-electron chi connectivity index (χ2n) is 2.97. The summed E-state index contributed by atoms with van der Waals surface area (Å²) in [5, 5.41) is 0. The number of carbonyl (C=O) groups is 1. The number of carbonyl (C=O) groups excluding carboxylic acids is 1. The van der Waals surface area contributed by atoms with Crippen molar-refractivity contribution in [3.63, 3.8) is 0 Å². The van der Waals surface area contributed by atoms with E-state index in [9.17, 15) is 4.79 Å². The molecule has 0 aromatic heterocycles. The van der Waals surface area contributed by atoms with E-state index in [2.05, 4.69) is 6.58 Å². The van der Waals surface area contributed by atoms with Crippen LogP contribution in [0.5, 0.6) is 5.75 Å². The van der Waals surface area contributed by atoms with Crippen molar-refractivity contribution in [1.82, 2.24) is 0 Å². The minimum atomic E-state index is 0.645. The van der Waals surface area contributed by atoms with E-state index < -0.39 is 0 Å². The molecule has 1 aromatic rings. The zero-order valence-electron chi connectivity index (χ0n) is 8.11. The Balaban J connectivity index is 2.42. The van der Waals surface area contributed by atoms with Gasteiger partial charge in [0.05, 0.1) is 6.61 Å². The van der Waals surface area contributed by atoms with Gasteiger partial charge in [0, 0.05) is 5.56 Å². The average molecular weight is 190 g/mol. The molecule has 0 radical (unpaired) electrons. The molecule has 0 fully saturated rings. The first-order valence-electron chi connectivity index (χ1n) is 4.66. The fourth-order valence-electron chi connectivity index (χ4n) is 1.10. The molecule has 0 aliphatic carbocycles. The molecule has 2 nitrogen and oxygen atoms in total. The Labute approximate surface area is 84.2 Å². The quantitative estimate of drug-likeness (QED) is 0.391. The predicted molar refractivity (Wildman–Crippen MR) is 56.8 cm³/mol. The molecule has 0 saturated carbocycles. The molecule has 0 aliphatic heterocycles. The summed E-state index contributed by atoms with van der Waals surface area (Å²) in [7, 11) is 0. The topological polar surface area (TPSA) is 26.3 Å². The van der Waals surface area contributed by atoms with Crippen LogP contribution in [0.2, 0.25) is 0 Å². The minimum absolute atomic E-state index is 0.645. The number of rotatable bonds is 6. The molecule has 2 heteroatoms. The molecule has 0 unspecified atom stereocenters. The third-order valence-electron chi connectivity index (χ3n) is 1.82. The van der Waals surface area contributed by atoms with Crippen LogP contribution in [-0.2, 0) is 0 Å².